The van der Waals surface area contributed by atoms with Gasteiger partial charge in [0.25, 0.3) is 5.91 Å². The Morgan fingerprint density at radius 3 is 2.79 bits per heavy atom. The summed E-state index contributed by atoms with van der Waals surface area (Å²) in [4.78, 5) is 12.6. The highest BCUT2D eigenvalue weighted by Crippen LogP contribution is 2.28. The van der Waals surface area contributed by atoms with Crippen molar-refractivity contribution in [2.45, 2.75) is 26.3 Å². The van der Waals surface area contributed by atoms with E-state index in [-0.39, 0.29) is 11.6 Å². The SMILES string of the molecule is CCc1nnnn1-c1cc(C(=O)NC(C)CO)cc(-c2ccc(Cl)cc2F)c1. The lowest BCUT2D eigenvalue weighted by Gasteiger charge is -2.14. The van der Waals surface area contributed by atoms with Gasteiger partial charge in [-0.15, -0.1) is 5.10 Å². The number of halogens is 2. The van der Waals surface area contributed by atoms with Crippen molar-refractivity contribution in [2.75, 3.05) is 6.61 Å². The van der Waals surface area contributed by atoms with Gasteiger partial charge in [-0.25, -0.2) is 4.39 Å². The number of nitrogens with zero attached hydrogens (tertiary/aromatic N) is 4. The Morgan fingerprint density at radius 1 is 1.32 bits per heavy atom. The second-order valence-corrected chi connectivity index (χ2v) is 6.75. The third kappa shape index (κ3) is 4.18. The van der Waals surface area contributed by atoms with Crippen LogP contribution in [0.3, 0.4) is 0 Å². The number of benzene rings is 2. The number of carbonyl (C=O) groups excluding carboxylic acids is 1. The van der Waals surface area contributed by atoms with Gasteiger partial charge in [0.2, 0.25) is 0 Å². The average Bonchev–Trinajstić information content (AvgIpc) is 3.16. The maximum absolute atomic E-state index is 14.5. The third-order valence-corrected chi connectivity index (χ3v) is 4.40. The summed E-state index contributed by atoms with van der Waals surface area (Å²) in [7, 11) is 0. The zero-order chi connectivity index (χ0) is 20.3. The van der Waals surface area contributed by atoms with Gasteiger partial charge in [-0.1, -0.05) is 18.5 Å². The van der Waals surface area contributed by atoms with E-state index in [0.29, 0.717) is 34.6 Å². The quantitative estimate of drug-likeness (QED) is 0.660. The molecular weight excluding hydrogens is 385 g/mol. The summed E-state index contributed by atoms with van der Waals surface area (Å²) >= 11 is 5.85. The minimum atomic E-state index is -0.507. The molecule has 0 saturated heterocycles. The molecule has 2 N–H and O–H groups in total. The van der Waals surface area contributed by atoms with Crippen molar-refractivity contribution in [3.63, 3.8) is 0 Å². The number of rotatable bonds is 6. The number of tetrazole rings is 1. The molecule has 2 aromatic carbocycles. The Balaban J connectivity index is 2.15. The number of aryl methyl sites for hydroxylation is 1. The summed E-state index contributed by atoms with van der Waals surface area (Å²) in [5.74, 6) is -0.305. The molecule has 7 nitrogen and oxygen atoms in total. The summed E-state index contributed by atoms with van der Waals surface area (Å²) < 4.78 is 16.0. The van der Waals surface area contributed by atoms with Crippen LogP contribution in [0, 0.1) is 5.82 Å². The van der Waals surface area contributed by atoms with Crippen LogP contribution in [0.2, 0.25) is 5.02 Å². The average molecular weight is 404 g/mol. The molecule has 1 amide bonds. The van der Waals surface area contributed by atoms with Gasteiger partial charge in [0, 0.05) is 28.6 Å². The molecule has 28 heavy (non-hydrogen) atoms. The van der Waals surface area contributed by atoms with Gasteiger partial charge in [-0.05, 0) is 59.3 Å². The minimum Gasteiger partial charge on any atom is -0.394 e. The molecule has 9 heteroatoms. The molecule has 3 aromatic rings. The molecule has 0 saturated carbocycles. The van der Waals surface area contributed by atoms with Crippen LogP contribution < -0.4 is 5.32 Å². The van der Waals surface area contributed by atoms with Crippen molar-refractivity contribution in [3.8, 4) is 16.8 Å². The van der Waals surface area contributed by atoms with Crippen molar-refractivity contribution in [1.29, 1.82) is 0 Å². The van der Waals surface area contributed by atoms with Crippen LogP contribution in [0.4, 0.5) is 4.39 Å². The molecular formula is C19H19ClFN5O2. The number of aliphatic hydroxyl groups is 1. The highest BCUT2D eigenvalue weighted by molar-refractivity contribution is 6.30. The van der Waals surface area contributed by atoms with Crippen LogP contribution in [-0.2, 0) is 6.42 Å². The summed E-state index contributed by atoms with van der Waals surface area (Å²) in [5, 5.41) is 23.8. The van der Waals surface area contributed by atoms with Crippen LogP contribution in [0.5, 0.6) is 0 Å². The zero-order valence-corrected chi connectivity index (χ0v) is 16.1. The lowest BCUT2D eigenvalue weighted by molar-refractivity contribution is 0.0922. The lowest BCUT2D eigenvalue weighted by atomic mass is 10.0. The molecule has 0 aliphatic heterocycles. The van der Waals surface area contributed by atoms with Crippen LogP contribution in [-0.4, -0.2) is 43.9 Å². The molecule has 0 aliphatic rings. The Hall–Kier alpha value is -2.84. The first-order valence-corrected chi connectivity index (χ1v) is 9.10. The first-order chi connectivity index (χ1) is 13.4. The Morgan fingerprint density at radius 2 is 2.11 bits per heavy atom. The van der Waals surface area contributed by atoms with E-state index in [4.69, 9.17) is 11.6 Å². The standard InChI is InChI=1S/C19H19ClFN5O2/c1-3-18-23-24-25-26(18)15-7-12(16-5-4-14(20)9-17(16)21)6-13(8-15)19(28)22-11(2)10-27/h4-9,11,27H,3,10H2,1-2H3,(H,22,28). The Labute approximate surface area is 166 Å². The molecule has 3 rings (SSSR count). The summed E-state index contributed by atoms with van der Waals surface area (Å²) in [5.41, 5.74) is 1.59. The van der Waals surface area contributed by atoms with E-state index >= 15 is 0 Å². The maximum Gasteiger partial charge on any atom is 0.251 e. The van der Waals surface area contributed by atoms with E-state index in [1.54, 1.807) is 37.3 Å². The molecule has 0 bridgehead atoms. The molecule has 1 atom stereocenters. The summed E-state index contributed by atoms with van der Waals surface area (Å²) in [6.45, 7) is 3.39. The van der Waals surface area contributed by atoms with Crippen molar-refractivity contribution in [3.05, 3.63) is 58.6 Å². The number of hydrogen-bond donors (Lipinski definition) is 2. The first kappa shape index (κ1) is 19.9. The molecule has 0 radical (unpaired) electrons. The van der Waals surface area contributed by atoms with Crippen molar-refractivity contribution in [1.82, 2.24) is 25.5 Å². The van der Waals surface area contributed by atoms with Crippen LogP contribution >= 0.6 is 11.6 Å². The molecule has 1 unspecified atom stereocenters. The molecule has 0 spiro atoms. The van der Waals surface area contributed by atoms with Crippen LogP contribution in [0.25, 0.3) is 16.8 Å². The highest BCUT2D eigenvalue weighted by Gasteiger charge is 2.16. The second kappa shape index (κ2) is 8.45. The molecule has 1 aromatic heterocycles. The molecule has 1 heterocycles. The fraction of sp³-hybridized carbons (Fsp3) is 0.263. The summed E-state index contributed by atoms with van der Waals surface area (Å²) in [6, 6.07) is 8.81. The number of aliphatic hydroxyl groups excluding tert-OH is 1. The fourth-order valence-corrected chi connectivity index (χ4v) is 2.88. The van der Waals surface area contributed by atoms with Gasteiger partial charge < -0.3 is 10.4 Å². The second-order valence-electron chi connectivity index (χ2n) is 6.31. The predicted octanol–water partition coefficient (Wildman–Crippen LogP) is 2.79. The van der Waals surface area contributed by atoms with Crippen LogP contribution in [0.1, 0.15) is 30.0 Å². The van der Waals surface area contributed by atoms with E-state index in [9.17, 15) is 14.3 Å². The number of amides is 1. The molecule has 0 aliphatic carbocycles. The van der Waals surface area contributed by atoms with E-state index < -0.39 is 17.8 Å². The van der Waals surface area contributed by atoms with E-state index in [1.807, 2.05) is 6.92 Å². The van der Waals surface area contributed by atoms with Gasteiger partial charge in [0.15, 0.2) is 5.82 Å². The number of aromatic nitrogens is 4. The fourth-order valence-electron chi connectivity index (χ4n) is 2.72. The van der Waals surface area contributed by atoms with Gasteiger partial charge in [0.1, 0.15) is 5.82 Å². The lowest BCUT2D eigenvalue weighted by Crippen LogP contribution is -2.35. The topological polar surface area (TPSA) is 92.9 Å². The van der Waals surface area contributed by atoms with Gasteiger partial charge >= 0.3 is 0 Å². The van der Waals surface area contributed by atoms with Crippen molar-refractivity contribution >= 4 is 17.5 Å². The Bertz CT molecular complexity index is 1010. The largest absolute Gasteiger partial charge is 0.394 e. The summed E-state index contributed by atoms with van der Waals surface area (Å²) in [6.07, 6.45) is 0.579. The van der Waals surface area contributed by atoms with Gasteiger partial charge in [0.05, 0.1) is 12.3 Å². The normalized spacial score (nSPS) is 12.0. The monoisotopic (exact) mass is 403 g/mol. The number of carbonyl (C=O) groups is 1. The van der Waals surface area contributed by atoms with E-state index in [0.717, 1.165) is 0 Å². The molecule has 146 valence electrons. The van der Waals surface area contributed by atoms with Gasteiger partial charge in [-0.3, -0.25) is 4.79 Å². The first-order valence-electron chi connectivity index (χ1n) is 8.72. The van der Waals surface area contributed by atoms with Crippen molar-refractivity contribution in [2.24, 2.45) is 0 Å². The maximum atomic E-state index is 14.5. The minimum absolute atomic E-state index is 0.197. The van der Waals surface area contributed by atoms with Gasteiger partial charge in [-0.2, -0.15) is 4.68 Å². The zero-order valence-electron chi connectivity index (χ0n) is 15.4. The molecule has 0 fully saturated rings. The predicted molar refractivity (Wildman–Crippen MR) is 103 cm³/mol. The smallest absolute Gasteiger partial charge is 0.251 e. The van der Waals surface area contributed by atoms with Crippen molar-refractivity contribution < 1.29 is 14.3 Å². The van der Waals surface area contributed by atoms with Crippen LogP contribution in [0.15, 0.2) is 36.4 Å². The highest BCUT2D eigenvalue weighted by atomic mass is 35.5. The Kier molecular flexibility index (Phi) is 6.01. The van der Waals surface area contributed by atoms with E-state index in [1.165, 1.54) is 10.7 Å². The number of hydrogen-bond acceptors (Lipinski definition) is 5. The third-order valence-electron chi connectivity index (χ3n) is 4.17. The van der Waals surface area contributed by atoms with E-state index in [2.05, 4.69) is 20.8 Å². The number of nitrogens with one attached hydrogen (secondary N) is 1.